The van der Waals surface area contributed by atoms with E-state index in [9.17, 15) is 8.78 Å². The molecule has 0 saturated heterocycles. The number of nitrogens with one attached hydrogen (secondary N) is 1. The highest BCUT2D eigenvalue weighted by Gasteiger charge is 2.06. The molecule has 0 aliphatic carbocycles. The number of aliphatic hydroxyl groups is 1. The molecule has 0 spiro atoms. The summed E-state index contributed by atoms with van der Waals surface area (Å²) in [7, 11) is 0. The molecule has 1 heterocycles. The molecule has 0 saturated carbocycles. The van der Waals surface area contributed by atoms with E-state index in [4.69, 9.17) is 17.3 Å². The van der Waals surface area contributed by atoms with Gasteiger partial charge >= 0.3 is 0 Å². The minimum atomic E-state index is -0.893. The maximum Gasteiger partial charge on any atom is 0.177 e. The maximum absolute atomic E-state index is 13.0. The van der Waals surface area contributed by atoms with E-state index in [2.05, 4.69) is 4.98 Å². The number of H-pyrrole nitrogens is 1. The van der Waals surface area contributed by atoms with Crippen LogP contribution in [-0.2, 0) is 13.2 Å². The first kappa shape index (κ1) is 11.9. The fraction of sp³-hybridized carbons (Fsp3) is 0.182. The van der Waals surface area contributed by atoms with E-state index in [1.807, 2.05) is 0 Å². The van der Waals surface area contributed by atoms with Gasteiger partial charge in [-0.05, 0) is 29.9 Å². The van der Waals surface area contributed by atoms with Crippen LogP contribution in [0.5, 0.6) is 0 Å². The van der Waals surface area contributed by atoms with Crippen molar-refractivity contribution in [2.45, 2.75) is 13.2 Å². The van der Waals surface area contributed by atoms with Crippen molar-refractivity contribution in [3.8, 4) is 0 Å². The Bertz CT molecular complexity index is 591. The summed E-state index contributed by atoms with van der Waals surface area (Å²) in [6.45, 7) is 0.117. The first-order valence-corrected chi connectivity index (χ1v) is 5.34. The predicted molar refractivity (Wildman–Crippen MR) is 61.0 cm³/mol. The zero-order valence-corrected chi connectivity index (χ0v) is 9.60. The van der Waals surface area contributed by atoms with Gasteiger partial charge in [-0.15, -0.1) is 0 Å². The van der Waals surface area contributed by atoms with E-state index in [0.717, 1.165) is 12.1 Å². The zero-order chi connectivity index (χ0) is 12.4. The number of aromatic amines is 1. The van der Waals surface area contributed by atoms with E-state index in [0.29, 0.717) is 16.0 Å². The Hall–Kier alpha value is -1.53. The Morgan fingerprint density at radius 3 is 2.71 bits per heavy atom. The molecule has 0 fully saturated rings. The van der Waals surface area contributed by atoms with Crippen molar-refractivity contribution in [3.63, 3.8) is 0 Å². The average Bonchev–Trinajstić information content (AvgIpc) is 2.65. The summed E-state index contributed by atoms with van der Waals surface area (Å²) in [6, 6.07) is 3.67. The summed E-state index contributed by atoms with van der Waals surface area (Å²) in [4.78, 5) is 2.78. The van der Waals surface area contributed by atoms with Crippen LogP contribution in [0, 0.1) is 16.4 Å². The molecule has 17 heavy (non-hydrogen) atoms. The maximum atomic E-state index is 13.0. The summed E-state index contributed by atoms with van der Waals surface area (Å²) < 4.78 is 27.8. The second kappa shape index (κ2) is 4.77. The largest absolute Gasteiger partial charge is 0.390 e. The molecular weight excluding hydrogens is 246 g/mol. The molecule has 3 nitrogen and oxygen atoms in total. The van der Waals surface area contributed by atoms with Crippen LogP contribution in [0.15, 0.2) is 24.4 Å². The molecule has 0 unspecified atom stereocenters. The Morgan fingerprint density at radius 2 is 2.06 bits per heavy atom. The van der Waals surface area contributed by atoms with E-state index >= 15 is 0 Å². The molecule has 2 aromatic rings. The van der Waals surface area contributed by atoms with Crippen molar-refractivity contribution < 1.29 is 13.9 Å². The van der Waals surface area contributed by atoms with Crippen LogP contribution >= 0.6 is 12.2 Å². The summed E-state index contributed by atoms with van der Waals surface area (Å²) in [5.74, 6) is -1.77. The fourth-order valence-electron chi connectivity index (χ4n) is 1.56. The topological polar surface area (TPSA) is 40.9 Å². The van der Waals surface area contributed by atoms with Gasteiger partial charge in [-0.25, -0.2) is 8.78 Å². The van der Waals surface area contributed by atoms with E-state index in [1.54, 1.807) is 10.8 Å². The van der Waals surface area contributed by atoms with Crippen LogP contribution in [-0.4, -0.2) is 14.7 Å². The van der Waals surface area contributed by atoms with Crippen LogP contribution in [0.4, 0.5) is 8.78 Å². The van der Waals surface area contributed by atoms with E-state index < -0.39 is 11.6 Å². The average molecular weight is 256 g/mol. The Kier molecular flexibility index (Phi) is 3.35. The molecule has 0 aliphatic rings. The zero-order valence-electron chi connectivity index (χ0n) is 8.78. The fourth-order valence-corrected chi connectivity index (χ4v) is 1.80. The molecule has 0 radical (unpaired) electrons. The van der Waals surface area contributed by atoms with Crippen molar-refractivity contribution in [2.75, 3.05) is 0 Å². The molecule has 90 valence electrons. The van der Waals surface area contributed by atoms with Gasteiger partial charge in [0.1, 0.15) is 0 Å². The number of imidazole rings is 1. The SMILES string of the molecule is OCc1c[nH]c(=S)n1Cc1ccc(F)c(F)c1. The van der Waals surface area contributed by atoms with Crippen LogP contribution in [0.1, 0.15) is 11.3 Å². The quantitative estimate of drug-likeness (QED) is 0.828. The van der Waals surface area contributed by atoms with Crippen molar-refractivity contribution in [1.82, 2.24) is 9.55 Å². The Morgan fingerprint density at radius 1 is 1.29 bits per heavy atom. The molecule has 0 aliphatic heterocycles. The predicted octanol–water partition coefficient (Wildman–Crippen LogP) is 2.36. The highest BCUT2D eigenvalue weighted by molar-refractivity contribution is 7.71. The Labute approximate surface area is 101 Å². The minimum absolute atomic E-state index is 0.170. The lowest BCUT2D eigenvalue weighted by molar-refractivity contribution is 0.271. The molecule has 2 rings (SSSR count). The van der Waals surface area contributed by atoms with Crippen LogP contribution in [0.3, 0.4) is 0 Å². The molecule has 1 aromatic carbocycles. The standard InChI is InChI=1S/C11H10F2N2OS/c12-9-2-1-7(3-10(9)13)5-15-8(6-16)4-14-11(15)17/h1-4,16H,5-6H2,(H,14,17). The summed E-state index contributed by atoms with van der Waals surface area (Å²) >= 11 is 5.03. The third-order valence-electron chi connectivity index (χ3n) is 2.44. The number of aliphatic hydroxyl groups excluding tert-OH is 1. The first-order chi connectivity index (χ1) is 8.11. The first-order valence-electron chi connectivity index (χ1n) is 4.93. The highest BCUT2D eigenvalue weighted by atomic mass is 32.1. The highest BCUT2D eigenvalue weighted by Crippen LogP contribution is 2.12. The normalized spacial score (nSPS) is 10.8. The third-order valence-corrected chi connectivity index (χ3v) is 2.78. The van der Waals surface area contributed by atoms with Gasteiger partial charge in [-0.2, -0.15) is 0 Å². The van der Waals surface area contributed by atoms with Crippen molar-refractivity contribution in [1.29, 1.82) is 0 Å². The summed E-state index contributed by atoms with van der Waals surface area (Å²) in [6.07, 6.45) is 1.59. The van der Waals surface area contributed by atoms with Gasteiger partial charge in [-0.1, -0.05) is 6.07 Å². The van der Waals surface area contributed by atoms with Crippen LogP contribution < -0.4 is 0 Å². The van der Waals surface area contributed by atoms with Crippen molar-refractivity contribution in [2.24, 2.45) is 0 Å². The third kappa shape index (κ3) is 2.42. The van der Waals surface area contributed by atoms with E-state index in [-0.39, 0.29) is 13.2 Å². The lowest BCUT2D eigenvalue weighted by Crippen LogP contribution is -2.05. The summed E-state index contributed by atoms with van der Waals surface area (Å²) in [5, 5.41) is 9.09. The van der Waals surface area contributed by atoms with Crippen molar-refractivity contribution >= 4 is 12.2 Å². The number of nitrogens with zero attached hydrogens (tertiary/aromatic N) is 1. The molecule has 0 bridgehead atoms. The number of rotatable bonds is 3. The van der Waals surface area contributed by atoms with Gasteiger partial charge in [0, 0.05) is 6.20 Å². The summed E-state index contributed by atoms with van der Waals surface area (Å²) in [5.41, 5.74) is 1.18. The molecule has 1 aromatic heterocycles. The van der Waals surface area contributed by atoms with Gasteiger partial charge < -0.3 is 14.7 Å². The van der Waals surface area contributed by atoms with E-state index in [1.165, 1.54) is 6.07 Å². The smallest absolute Gasteiger partial charge is 0.177 e. The van der Waals surface area contributed by atoms with Gasteiger partial charge in [-0.3, -0.25) is 0 Å². The number of hydrogen-bond donors (Lipinski definition) is 2. The lowest BCUT2D eigenvalue weighted by Gasteiger charge is -2.07. The van der Waals surface area contributed by atoms with Crippen LogP contribution in [0.25, 0.3) is 0 Å². The van der Waals surface area contributed by atoms with Gasteiger partial charge in [0.25, 0.3) is 0 Å². The number of halogens is 2. The number of benzene rings is 1. The second-order valence-corrected chi connectivity index (χ2v) is 3.96. The number of hydrogen-bond acceptors (Lipinski definition) is 2. The van der Waals surface area contributed by atoms with Crippen LogP contribution in [0.2, 0.25) is 0 Å². The van der Waals surface area contributed by atoms with Gasteiger partial charge in [0.05, 0.1) is 18.8 Å². The number of aromatic nitrogens is 2. The molecule has 0 atom stereocenters. The molecule has 6 heteroatoms. The lowest BCUT2D eigenvalue weighted by atomic mass is 10.2. The monoisotopic (exact) mass is 256 g/mol. The van der Waals surface area contributed by atoms with Crippen molar-refractivity contribution in [3.05, 3.63) is 52.1 Å². The Balaban J connectivity index is 2.34. The molecule has 0 amide bonds. The minimum Gasteiger partial charge on any atom is -0.390 e. The molecule has 2 N–H and O–H groups in total. The van der Waals surface area contributed by atoms with Gasteiger partial charge in [0.2, 0.25) is 0 Å². The second-order valence-electron chi connectivity index (χ2n) is 3.58. The molecular formula is C11H10F2N2OS. The van der Waals surface area contributed by atoms with Gasteiger partial charge in [0.15, 0.2) is 16.4 Å².